The van der Waals surface area contributed by atoms with E-state index in [0.29, 0.717) is 0 Å². The van der Waals surface area contributed by atoms with Crippen LogP contribution in [-0.4, -0.2) is 27.7 Å². The summed E-state index contributed by atoms with van der Waals surface area (Å²) in [6.07, 6.45) is -1.34. The van der Waals surface area contributed by atoms with Crippen molar-refractivity contribution in [3.63, 3.8) is 0 Å². The summed E-state index contributed by atoms with van der Waals surface area (Å²) in [5, 5.41) is 0. The second kappa shape index (κ2) is 3.33. The van der Waals surface area contributed by atoms with Crippen LogP contribution in [0.2, 0.25) is 0 Å². The zero-order valence-corrected chi connectivity index (χ0v) is 5.67. The minimum absolute atomic E-state index is 0.387. The molecule has 12 heavy (non-hydrogen) atoms. The molecule has 1 rings (SSSR count). The molecule has 0 atom stereocenters. The van der Waals surface area contributed by atoms with Crippen molar-refractivity contribution >= 4 is 0 Å². The second-order valence-corrected chi connectivity index (χ2v) is 1.77. The fourth-order valence-corrected chi connectivity index (χ4v) is 0.421. The van der Waals surface area contributed by atoms with Gasteiger partial charge in [0.15, 0.2) is 6.61 Å². The van der Waals surface area contributed by atoms with Crippen LogP contribution < -0.4 is 4.74 Å². The number of nitrogens with zero attached hydrogens (tertiary/aromatic N) is 3. The van der Waals surface area contributed by atoms with Gasteiger partial charge < -0.3 is 4.74 Å². The van der Waals surface area contributed by atoms with Crippen molar-refractivity contribution in [3.8, 4) is 6.01 Å². The van der Waals surface area contributed by atoms with Gasteiger partial charge in [0.2, 0.25) is 6.33 Å². The third-order valence-corrected chi connectivity index (χ3v) is 0.794. The van der Waals surface area contributed by atoms with Crippen LogP contribution in [0.3, 0.4) is 0 Å². The molecule has 4 nitrogen and oxygen atoms in total. The van der Waals surface area contributed by atoms with Crippen molar-refractivity contribution in [1.82, 2.24) is 15.0 Å². The molecular weight excluding hydrogens is 175 g/mol. The molecule has 0 aliphatic heterocycles. The molecular formula is C5H3F3N3O. The van der Waals surface area contributed by atoms with Gasteiger partial charge in [-0.25, -0.2) is 4.98 Å². The largest absolute Gasteiger partial charge is 0.454 e. The predicted octanol–water partition coefficient (Wildman–Crippen LogP) is 0.613. The highest BCUT2D eigenvalue weighted by Gasteiger charge is 2.28. The van der Waals surface area contributed by atoms with Gasteiger partial charge in [0.05, 0.1) is 0 Å². The van der Waals surface area contributed by atoms with E-state index in [0.717, 1.165) is 6.33 Å². The van der Waals surface area contributed by atoms with E-state index >= 15 is 0 Å². The Kier molecular flexibility index (Phi) is 2.41. The first-order valence-electron chi connectivity index (χ1n) is 2.82. The van der Waals surface area contributed by atoms with E-state index in [4.69, 9.17) is 0 Å². The van der Waals surface area contributed by atoms with E-state index in [1.54, 1.807) is 0 Å². The molecule has 1 radical (unpaired) electrons. The first kappa shape index (κ1) is 8.69. The van der Waals surface area contributed by atoms with Gasteiger partial charge in [-0.15, -0.1) is 0 Å². The third kappa shape index (κ3) is 3.13. The van der Waals surface area contributed by atoms with Crippen molar-refractivity contribution in [2.75, 3.05) is 6.61 Å². The molecule has 65 valence electrons. The lowest BCUT2D eigenvalue weighted by molar-refractivity contribution is -0.154. The number of hydrogen-bond acceptors (Lipinski definition) is 4. The first-order chi connectivity index (χ1) is 5.58. The summed E-state index contributed by atoms with van der Waals surface area (Å²) >= 11 is 0. The molecule has 0 fully saturated rings. The second-order valence-electron chi connectivity index (χ2n) is 1.77. The van der Waals surface area contributed by atoms with Gasteiger partial charge in [0.25, 0.3) is 0 Å². The lowest BCUT2D eigenvalue weighted by Gasteiger charge is -2.05. The molecule has 0 bridgehead atoms. The maximum Gasteiger partial charge on any atom is 0.422 e. The van der Waals surface area contributed by atoms with Crippen LogP contribution in [-0.2, 0) is 0 Å². The SMILES string of the molecule is FC(F)(F)COc1n[c]ncn1. The minimum atomic E-state index is -4.38. The molecule has 0 aliphatic rings. The zero-order valence-electron chi connectivity index (χ0n) is 5.67. The Bertz CT molecular complexity index is 237. The summed E-state index contributed by atoms with van der Waals surface area (Å²) in [5.74, 6) is 0. The van der Waals surface area contributed by atoms with Crippen molar-refractivity contribution in [3.05, 3.63) is 12.7 Å². The van der Waals surface area contributed by atoms with Crippen molar-refractivity contribution in [1.29, 1.82) is 0 Å². The van der Waals surface area contributed by atoms with Crippen LogP contribution in [0.4, 0.5) is 13.2 Å². The quantitative estimate of drug-likeness (QED) is 0.665. The Morgan fingerprint density at radius 2 is 2.25 bits per heavy atom. The summed E-state index contributed by atoms with van der Waals surface area (Å²) in [7, 11) is 0. The first-order valence-corrected chi connectivity index (χ1v) is 2.82. The summed E-state index contributed by atoms with van der Waals surface area (Å²) in [6, 6.07) is -0.387. The molecule has 0 saturated heterocycles. The molecule has 0 unspecified atom stereocenters. The molecule has 0 aliphatic carbocycles. The Labute approximate surface area is 65.4 Å². The molecule has 0 N–H and O–H groups in total. The average molecular weight is 178 g/mol. The van der Waals surface area contributed by atoms with Crippen LogP contribution >= 0.6 is 0 Å². The summed E-state index contributed by atoms with van der Waals surface area (Å²) in [4.78, 5) is 9.80. The monoisotopic (exact) mass is 178 g/mol. The molecule has 1 aromatic heterocycles. The van der Waals surface area contributed by atoms with E-state index in [9.17, 15) is 13.2 Å². The van der Waals surface area contributed by atoms with Gasteiger partial charge in [0.1, 0.15) is 6.33 Å². The van der Waals surface area contributed by atoms with Crippen LogP contribution in [0.25, 0.3) is 0 Å². The molecule has 1 heterocycles. The number of rotatable bonds is 2. The fraction of sp³-hybridized carbons (Fsp3) is 0.400. The van der Waals surface area contributed by atoms with Gasteiger partial charge in [-0.1, -0.05) is 0 Å². The highest BCUT2D eigenvalue weighted by molar-refractivity contribution is 4.86. The Morgan fingerprint density at radius 3 is 2.75 bits per heavy atom. The highest BCUT2D eigenvalue weighted by atomic mass is 19.4. The lowest BCUT2D eigenvalue weighted by Crippen LogP contribution is -2.20. The van der Waals surface area contributed by atoms with Crippen LogP contribution in [0.5, 0.6) is 6.01 Å². The normalized spacial score (nSPS) is 11.2. The van der Waals surface area contributed by atoms with Gasteiger partial charge in [-0.05, 0) is 0 Å². The molecule has 0 aromatic carbocycles. The summed E-state index contributed by atoms with van der Waals surface area (Å²) in [5.41, 5.74) is 0. The van der Waals surface area contributed by atoms with Crippen LogP contribution in [0, 0.1) is 6.33 Å². The number of hydrogen-bond donors (Lipinski definition) is 0. The van der Waals surface area contributed by atoms with Crippen LogP contribution in [0.15, 0.2) is 6.33 Å². The lowest BCUT2D eigenvalue weighted by atomic mass is 10.7. The van der Waals surface area contributed by atoms with E-state index in [1.807, 2.05) is 6.33 Å². The highest BCUT2D eigenvalue weighted by Crippen LogP contribution is 2.14. The number of ether oxygens (including phenoxy) is 1. The summed E-state index contributed by atoms with van der Waals surface area (Å²) in [6.45, 7) is -1.41. The van der Waals surface area contributed by atoms with Crippen molar-refractivity contribution in [2.24, 2.45) is 0 Å². The van der Waals surface area contributed by atoms with Crippen molar-refractivity contribution < 1.29 is 17.9 Å². The fourth-order valence-electron chi connectivity index (χ4n) is 0.421. The molecule has 0 amide bonds. The summed E-state index contributed by atoms with van der Waals surface area (Å²) < 4.78 is 38.8. The molecule has 1 aromatic rings. The third-order valence-electron chi connectivity index (χ3n) is 0.794. The van der Waals surface area contributed by atoms with Crippen molar-refractivity contribution in [2.45, 2.75) is 6.18 Å². The maximum absolute atomic E-state index is 11.5. The minimum Gasteiger partial charge on any atom is -0.454 e. The van der Waals surface area contributed by atoms with Gasteiger partial charge in [0, 0.05) is 0 Å². The standard InChI is InChI=1S/C5H3F3N3O/c6-5(7,8)1-12-4-10-2-9-3-11-4/h2H,1H2. The van der Waals surface area contributed by atoms with E-state index in [1.165, 1.54) is 0 Å². The Morgan fingerprint density at radius 1 is 1.50 bits per heavy atom. The van der Waals surface area contributed by atoms with Gasteiger partial charge in [-0.3, -0.25) is 0 Å². The average Bonchev–Trinajstić information content (AvgIpc) is 2.02. The predicted molar refractivity (Wildman–Crippen MR) is 30.2 cm³/mol. The zero-order chi connectivity index (χ0) is 9.03. The smallest absolute Gasteiger partial charge is 0.422 e. The van der Waals surface area contributed by atoms with Gasteiger partial charge >= 0.3 is 12.2 Å². The number of aromatic nitrogens is 3. The molecule has 0 spiro atoms. The van der Waals surface area contributed by atoms with E-state index < -0.39 is 12.8 Å². The molecule has 0 saturated carbocycles. The van der Waals surface area contributed by atoms with Crippen LogP contribution in [0.1, 0.15) is 0 Å². The van der Waals surface area contributed by atoms with E-state index in [-0.39, 0.29) is 6.01 Å². The Hall–Kier alpha value is -1.40. The van der Waals surface area contributed by atoms with E-state index in [2.05, 4.69) is 19.7 Å². The number of halogens is 3. The van der Waals surface area contributed by atoms with Gasteiger partial charge in [-0.2, -0.15) is 23.1 Å². The topological polar surface area (TPSA) is 47.9 Å². The Balaban J connectivity index is 2.44. The maximum atomic E-state index is 11.5. The molecule has 7 heteroatoms. The number of alkyl halides is 3.